The van der Waals surface area contributed by atoms with Crippen LogP contribution in [0, 0.1) is 0 Å². The Morgan fingerprint density at radius 1 is 1.07 bits per heavy atom. The van der Waals surface area contributed by atoms with Crippen molar-refractivity contribution in [1.82, 2.24) is 5.43 Å². The Labute approximate surface area is 164 Å². The van der Waals surface area contributed by atoms with Gasteiger partial charge in [0, 0.05) is 5.56 Å². The van der Waals surface area contributed by atoms with Gasteiger partial charge in [0.1, 0.15) is 11.4 Å². The molecule has 2 rings (SSSR count). The molecule has 0 saturated carbocycles. The monoisotopic (exact) mass is 408 g/mol. The van der Waals surface area contributed by atoms with Crippen molar-refractivity contribution in [3.63, 3.8) is 0 Å². The van der Waals surface area contributed by atoms with Gasteiger partial charge < -0.3 is 9.84 Å². The van der Waals surface area contributed by atoms with E-state index in [4.69, 9.17) is 4.74 Å². The number of aromatic hydroxyl groups is 1. The lowest BCUT2D eigenvalue weighted by Crippen LogP contribution is -2.29. The predicted octanol–water partition coefficient (Wildman–Crippen LogP) is 5.69. The normalized spacial score (nSPS) is 12.5. The largest absolute Gasteiger partial charge is 0.507 e. The lowest BCUT2D eigenvalue weighted by atomic mass is 10.2. The Balaban J connectivity index is 2.12. The van der Waals surface area contributed by atoms with Crippen LogP contribution in [-0.4, -0.2) is 23.0 Å². The number of phenolic OH excluding ortho intramolecular Hbond substituents is 1. The summed E-state index contributed by atoms with van der Waals surface area (Å²) in [5.41, 5.74) is 1.12. The number of nitrogens with one attached hydrogen (secondary N) is 1. The highest BCUT2D eigenvalue weighted by atomic mass is 19.4. The molecule has 0 unspecified atom stereocenters. The first-order valence-corrected chi connectivity index (χ1v) is 8.38. The van der Waals surface area contributed by atoms with Gasteiger partial charge in [0.25, 0.3) is 0 Å². The van der Waals surface area contributed by atoms with E-state index in [1.165, 1.54) is 36.5 Å². The number of phenols is 1. The van der Waals surface area contributed by atoms with Crippen LogP contribution in [0.5, 0.6) is 5.75 Å². The molecule has 0 aromatic heterocycles. The van der Waals surface area contributed by atoms with Crippen LogP contribution < -0.4 is 5.43 Å². The Kier molecular flexibility index (Phi) is 6.57. The van der Waals surface area contributed by atoms with Gasteiger partial charge in [0.05, 0.1) is 23.2 Å². The number of hydrogen-bond donors (Lipinski definition) is 2. The number of hydrogen-bond acceptors (Lipinski definition) is 6. The Hall–Kier alpha value is -3.43. The first kappa shape index (κ1) is 21.9. The molecule has 0 saturated heterocycles. The van der Waals surface area contributed by atoms with Crippen molar-refractivity contribution in [3.05, 3.63) is 53.6 Å². The van der Waals surface area contributed by atoms with Crippen molar-refractivity contribution >= 4 is 23.7 Å². The molecule has 0 aliphatic heterocycles. The minimum atomic E-state index is -4.48. The van der Waals surface area contributed by atoms with Crippen LogP contribution in [0.15, 0.2) is 57.8 Å². The molecule has 1 amide bonds. The van der Waals surface area contributed by atoms with Gasteiger partial charge in [0.15, 0.2) is 0 Å². The molecule has 29 heavy (non-hydrogen) atoms. The van der Waals surface area contributed by atoms with E-state index in [1.54, 1.807) is 20.8 Å². The fourth-order valence-electron chi connectivity index (χ4n) is 2.02. The van der Waals surface area contributed by atoms with Gasteiger partial charge in [-0.1, -0.05) is 6.07 Å². The number of azo groups is 1. The molecular weight excluding hydrogens is 389 g/mol. The minimum Gasteiger partial charge on any atom is -0.507 e. The van der Waals surface area contributed by atoms with Gasteiger partial charge >= 0.3 is 12.3 Å². The summed E-state index contributed by atoms with van der Waals surface area (Å²) in [4.78, 5) is 11.5. The van der Waals surface area contributed by atoms with Crippen molar-refractivity contribution < 1.29 is 27.8 Å². The van der Waals surface area contributed by atoms with Crippen molar-refractivity contribution in [3.8, 4) is 5.75 Å². The van der Waals surface area contributed by atoms with E-state index in [1.807, 2.05) is 0 Å². The molecule has 7 nitrogen and oxygen atoms in total. The third kappa shape index (κ3) is 7.24. The van der Waals surface area contributed by atoms with Crippen LogP contribution in [0.4, 0.5) is 29.3 Å². The summed E-state index contributed by atoms with van der Waals surface area (Å²) in [5, 5.41) is 21.2. The lowest BCUT2D eigenvalue weighted by molar-refractivity contribution is -0.137. The third-order valence-electron chi connectivity index (χ3n) is 3.22. The molecule has 0 fully saturated rings. The van der Waals surface area contributed by atoms with Crippen LogP contribution in [0.1, 0.15) is 31.9 Å². The summed E-state index contributed by atoms with van der Waals surface area (Å²) < 4.78 is 43.2. The molecule has 0 heterocycles. The summed E-state index contributed by atoms with van der Waals surface area (Å²) in [7, 11) is 0. The molecule has 0 atom stereocenters. The van der Waals surface area contributed by atoms with Gasteiger partial charge in [-0.25, -0.2) is 10.2 Å². The van der Waals surface area contributed by atoms with E-state index in [-0.39, 0.29) is 22.7 Å². The molecule has 0 aliphatic carbocycles. The van der Waals surface area contributed by atoms with Crippen molar-refractivity contribution in [2.24, 2.45) is 15.3 Å². The maximum absolute atomic E-state index is 12.7. The van der Waals surface area contributed by atoms with Crippen molar-refractivity contribution in [2.45, 2.75) is 32.5 Å². The number of carbonyl (C=O) groups is 1. The van der Waals surface area contributed by atoms with E-state index in [0.29, 0.717) is 0 Å². The smallest absolute Gasteiger partial charge is 0.428 e. The molecular formula is C19H19F3N4O3. The number of nitrogens with zero attached hydrogens (tertiary/aromatic N) is 3. The van der Waals surface area contributed by atoms with E-state index >= 15 is 0 Å². The molecule has 0 bridgehead atoms. The van der Waals surface area contributed by atoms with E-state index < -0.39 is 23.4 Å². The number of halogens is 3. The summed E-state index contributed by atoms with van der Waals surface area (Å²) in [6, 6.07) is 8.55. The molecule has 10 heteroatoms. The number of alkyl halides is 3. The van der Waals surface area contributed by atoms with Crippen LogP contribution >= 0.6 is 0 Å². The fraction of sp³-hybridized carbons (Fsp3) is 0.263. The quantitative estimate of drug-likeness (QED) is 0.387. The van der Waals surface area contributed by atoms with Gasteiger partial charge in [0.2, 0.25) is 0 Å². The number of amides is 1. The molecule has 2 aromatic carbocycles. The predicted molar refractivity (Wildman–Crippen MR) is 101 cm³/mol. The van der Waals surface area contributed by atoms with Gasteiger partial charge in [-0.3, -0.25) is 0 Å². The van der Waals surface area contributed by atoms with Crippen molar-refractivity contribution in [2.75, 3.05) is 0 Å². The highest BCUT2D eigenvalue weighted by molar-refractivity contribution is 5.85. The molecule has 0 radical (unpaired) electrons. The van der Waals surface area contributed by atoms with E-state index in [0.717, 1.165) is 12.1 Å². The number of ether oxygens (including phenoxy) is 1. The summed E-state index contributed by atoms with van der Waals surface area (Å²) >= 11 is 0. The minimum absolute atomic E-state index is 0.0229. The van der Waals surface area contributed by atoms with Crippen LogP contribution in [0.2, 0.25) is 0 Å². The number of benzene rings is 2. The van der Waals surface area contributed by atoms with E-state index in [9.17, 15) is 23.1 Å². The SMILES string of the molecule is CC(C)(C)OC(=O)N/N=C\c1cc(N=Nc2cccc(C(F)(F)F)c2)ccc1O. The van der Waals surface area contributed by atoms with Gasteiger partial charge in [-0.2, -0.15) is 28.5 Å². The number of carbonyl (C=O) groups excluding carboxylic acids is 1. The summed E-state index contributed by atoms with van der Waals surface area (Å²) in [6.07, 6.45) is -4.08. The highest BCUT2D eigenvalue weighted by Gasteiger charge is 2.30. The maximum atomic E-state index is 12.7. The Bertz CT molecular complexity index is 935. The maximum Gasteiger partial charge on any atom is 0.428 e. The molecule has 2 N–H and O–H groups in total. The first-order chi connectivity index (χ1) is 13.4. The second-order valence-electron chi connectivity index (χ2n) is 6.86. The second kappa shape index (κ2) is 8.72. The Morgan fingerprint density at radius 3 is 2.34 bits per heavy atom. The number of hydrazone groups is 1. The summed E-state index contributed by atoms with van der Waals surface area (Å²) in [5.74, 6) is -0.141. The zero-order chi connectivity index (χ0) is 21.7. The summed E-state index contributed by atoms with van der Waals surface area (Å²) in [6.45, 7) is 5.09. The molecule has 154 valence electrons. The number of rotatable bonds is 4. The van der Waals surface area contributed by atoms with Crippen LogP contribution in [0.25, 0.3) is 0 Å². The van der Waals surface area contributed by atoms with Crippen molar-refractivity contribution in [1.29, 1.82) is 0 Å². The second-order valence-corrected chi connectivity index (χ2v) is 6.86. The van der Waals surface area contributed by atoms with Crippen LogP contribution in [-0.2, 0) is 10.9 Å². The Morgan fingerprint density at radius 2 is 1.72 bits per heavy atom. The lowest BCUT2D eigenvalue weighted by Gasteiger charge is -2.18. The average Bonchev–Trinajstić information content (AvgIpc) is 2.60. The third-order valence-corrected chi connectivity index (χ3v) is 3.22. The molecule has 0 spiro atoms. The van der Waals surface area contributed by atoms with E-state index in [2.05, 4.69) is 20.8 Å². The average molecular weight is 408 g/mol. The zero-order valence-corrected chi connectivity index (χ0v) is 15.9. The fourth-order valence-corrected chi connectivity index (χ4v) is 2.02. The first-order valence-electron chi connectivity index (χ1n) is 8.38. The van der Waals surface area contributed by atoms with Crippen LogP contribution in [0.3, 0.4) is 0 Å². The van der Waals surface area contributed by atoms with Gasteiger partial charge in [-0.05, 0) is 57.2 Å². The topological polar surface area (TPSA) is 95.6 Å². The molecule has 0 aliphatic rings. The molecule has 2 aromatic rings. The highest BCUT2D eigenvalue weighted by Crippen LogP contribution is 2.32. The standard InChI is InChI=1S/C19H19F3N4O3/c1-18(2,3)29-17(28)26-23-11-12-9-15(7-8-16(12)27)25-24-14-6-4-5-13(10-14)19(20,21)22/h4-11,27H,1-3H3,(H,26,28)/b23-11-,25-24?. The van der Waals surface area contributed by atoms with Gasteiger partial charge in [-0.15, -0.1) is 0 Å². The zero-order valence-electron chi connectivity index (χ0n) is 15.9.